The number of benzene rings is 1. The highest BCUT2D eigenvalue weighted by molar-refractivity contribution is 7.15. The smallest absolute Gasteiger partial charge is 0.185 e. The maximum absolute atomic E-state index is 4.63. The lowest BCUT2D eigenvalue weighted by atomic mass is 10.0. The number of fused-ring (bicyclic) bond motifs is 1. The first-order valence-electron chi connectivity index (χ1n) is 7.22. The zero-order chi connectivity index (χ0) is 13.9. The van der Waals surface area contributed by atoms with Crippen LogP contribution in [0.2, 0.25) is 0 Å². The minimum Gasteiger partial charge on any atom is -0.344 e. The number of anilines is 1. The van der Waals surface area contributed by atoms with Gasteiger partial charge in [-0.2, -0.15) is 0 Å². The quantitative estimate of drug-likeness (QED) is 0.938. The van der Waals surface area contributed by atoms with Gasteiger partial charge in [-0.3, -0.25) is 0 Å². The van der Waals surface area contributed by atoms with Crippen LogP contribution in [0.4, 0.5) is 5.13 Å². The third kappa shape index (κ3) is 2.72. The van der Waals surface area contributed by atoms with Gasteiger partial charge in [0.15, 0.2) is 5.13 Å². The highest BCUT2D eigenvalue weighted by atomic mass is 32.1. The number of nitrogens with zero attached hydrogens (tertiary/aromatic N) is 2. The van der Waals surface area contributed by atoms with Crippen molar-refractivity contribution in [3.8, 4) is 0 Å². The average molecular weight is 287 g/mol. The summed E-state index contributed by atoms with van der Waals surface area (Å²) < 4.78 is 0. The molecule has 0 amide bonds. The molecule has 1 aliphatic rings. The second-order valence-electron chi connectivity index (χ2n) is 5.35. The Bertz CT molecular complexity index is 579. The van der Waals surface area contributed by atoms with Crippen molar-refractivity contribution in [1.82, 2.24) is 10.3 Å². The molecular weight excluding hydrogens is 266 g/mol. The zero-order valence-electron chi connectivity index (χ0n) is 12.1. The lowest BCUT2D eigenvalue weighted by Crippen LogP contribution is -2.22. The minimum atomic E-state index is 0.375. The molecule has 106 valence electrons. The molecule has 2 aromatic rings. The molecule has 3 nitrogen and oxygen atoms in total. The third-order valence-corrected chi connectivity index (χ3v) is 5.24. The molecule has 1 aromatic heterocycles. The zero-order valence-corrected chi connectivity index (χ0v) is 12.9. The van der Waals surface area contributed by atoms with Gasteiger partial charge in [-0.1, -0.05) is 24.3 Å². The number of aromatic nitrogens is 1. The molecule has 1 atom stereocenters. The molecule has 2 heterocycles. The Morgan fingerprint density at radius 2 is 2.10 bits per heavy atom. The number of hydrogen-bond donors (Lipinski definition) is 1. The van der Waals surface area contributed by atoms with E-state index in [-0.39, 0.29) is 0 Å². The first-order valence-corrected chi connectivity index (χ1v) is 8.04. The molecule has 0 radical (unpaired) electrons. The van der Waals surface area contributed by atoms with Gasteiger partial charge in [0.1, 0.15) is 0 Å². The van der Waals surface area contributed by atoms with Crippen molar-refractivity contribution in [3.63, 3.8) is 0 Å². The summed E-state index contributed by atoms with van der Waals surface area (Å²) >= 11 is 1.81. The van der Waals surface area contributed by atoms with Gasteiger partial charge in [0.2, 0.25) is 0 Å². The molecule has 1 aliphatic heterocycles. The first-order chi connectivity index (χ1) is 9.78. The van der Waals surface area contributed by atoms with Crippen LogP contribution < -0.4 is 10.2 Å². The van der Waals surface area contributed by atoms with Crippen LogP contribution in [0.5, 0.6) is 0 Å². The van der Waals surface area contributed by atoms with Crippen LogP contribution in [0, 0.1) is 0 Å². The van der Waals surface area contributed by atoms with E-state index in [1.54, 1.807) is 0 Å². The topological polar surface area (TPSA) is 28.2 Å². The lowest BCUT2D eigenvalue weighted by molar-refractivity contribution is 0.662. The molecule has 1 aromatic carbocycles. The number of aryl methyl sites for hydroxylation is 1. The van der Waals surface area contributed by atoms with E-state index in [0.29, 0.717) is 6.04 Å². The summed E-state index contributed by atoms with van der Waals surface area (Å²) in [6, 6.07) is 9.16. The molecule has 0 fully saturated rings. The van der Waals surface area contributed by atoms with Gasteiger partial charge >= 0.3 is 0 Å². The number of hydrogen-bond acceptors (Lipinski definition) is 4. The van der Waals surface area contributed by atoms with Crippen molar-refractivity contribution < 1.29 is 0 Å². The average Bonchev–Trinajstić information content (AvgIpc) is 2.87. The van der Waals surface area contributed by atoms with Crippen LogP contribution in [0.3, 0.4) is 0 Å². The second kappa shape index (κ2) is 5.94. The third-order valence-electron chi connectivity index (χ3n) is 4.00. The summed E-state index contributed by atoms with van der Waals surface area (Å²) in [6.45, 7) is 4.25. The fraction of sp³-hybridized carbons (Fsp3) is 0.438. The molecule has 0 saturated carbocycles. The van der Waals surface area contributed by atoms with E-state index >= 15 is 0 Å². The van der Waals surface area contributed by atoms with Crippen molar-refractivity contribution in [2.75, 3.05) is 18.5 Å². The Morgan fingerprint density at radius 3 is 2.90 bits per heavy atom. The van der Waals surface area contributed by atoms with Gasteiger partial charge in [0.25, 0.3) is 0 Å². The molecule has 4 heteroatoms. The maximum Gasteiger partial charge on any atom is 0.185 e. The largest absolute Gasteiger partial charge is 0.344 e. The molecular formula is C16H21N3S. The van der Waals surface area contributed by atoms with E-state index in [1.807, 2.05) is 24.6 Å². The van der Waals surface area contributed by atoms with Gasteiger partial charge in [-0.05, 0) is 37.9 Å². The van der Waals surface area contributed by atoms with Crippen LogP contribution in [0.15, 0.2) is 30.5 Å². The molecule has 20 heavy (non-hydrogen) atoms. The minimum absolute atomic E-state index is 0.375. The Morgan fingerprint density at radius 1 is 1.30 bits per heavy atom. The summed E-state index contributed by atoms with van der Waals surface area (Å²) in [7, 11) is 1.99. The molecule has 1 unspecified atom stereocenters. The van der Waals surface area contributed by atoms with Crippen LogP contribution >= 0.6 is 11.3 Å². The standard InChI is InChI=1S/C16H21N3S/c1-12(17-2)15-10-18-16(20-15)19-9-5-8-13-6-3-4-7-14(13)11-19/h3-4,6-7,10,12,17H,5,8-9,11H2,1-2H3. The van der Waals surface area contributed by atoms with Gasteiger partial charge in [-0.15, -0.1) is 11.3 Å². The molecule has 0 saturated heterocycles. The molecule has 0 bridgehead atoms. The maximum atomic E-state index is 4.63. The van der Waals surface area contributed by atoms with Gasteiger partial charge in [0.05, 0.1) is 0 Å². The summed E-state index contributed by atoms with van der Waals surface area (Å²) in [5, 5.41) is 4.43. The number of thiazole rings is 1. The number of rotatable bonds is 3. The van der Waals surface area contributed by atoms with E-state index in [4.69, 9.17) is 0 Å². The SMILES string of the molecule is CNC(C)c1cnc(N2CCCc3ccccc3C2)s1. The van der Waals surface area contributed by atoms with E-state index < -0.39 is 0 Å². The number of nitrogens with one attached hydrogen (secondary N) is 1. The normalized spacial score (nSPS) is 16.6. The van der Waals surface area contributed by atoms with Crippen molar-refractivity contribution in [2.45, 2.75) is 32.4 Å². The van der Waals surface area contributed by atoms with Crippen molar-refractivity contribution >= 4 is 16.5 Å². The molecule has 0 spiro atoms. The van der Waals surface area contributed by atoms with E-state index in [2.05, 4.69) is 46.4 Å². The van der Waals surface area contributed by atoms with Crippen LogP contribution in [0.25, 0.3) is 0 Å². The molecule has 1 N–H and O–H groups in total. The Hall–Kier alpha value is -1.39. The predicted octanol–water partition coefficient (Wildman–Crippen LogP) is 3.38. The van der Waals surface area contributed by atoms with Gasteiger partial charge in [0, 0.05) is 30.2 Å². The second-order valence-corrected chi connectivity index (χ2v) is 6.39. The summed E-state index contributed by atoms with van der Waals surface area (Å²) in [6.07, 6.45) is 4.39. The van der Waals surface area contributed by atoms with Gasteiger partial charge < -0.3 is 10.2 Å². The summed E-state index contributed by atoms with van der Waals surface area (Å²) in [5.41, 5.74) is 2.94. The fourth-order valence-corrected chi connectivity index (χ4v) is 3.63. The van der Waals surface area contributed by atoms with Crippen LogP contribution in [0.1, 0.15) is 35.4 Å². The molecule has 3 rings (SSSR count). The van der Waals surface area contributed by atoms with Crippen molar-refractivity contribution in [3.05, 3.63) is 46.5 Å². The van der Waals surface area contributed by atoms with Crippen LogP contribution in [-0.4, -0.2) is 18.6 Å². The van der Waals surface area contributed by atoms with E-state index in [9.17, 15) is 0 Å². The first kappa shape index (κ1) is 13.6. The van der Waals surface area contributed by atoms with Gasteiger partial charge in [-0.25, -0.2) is 4.98 Å². The van der Waals surface area contributed by atoms with E-state index in [1.165, 1.54) is 28.8 Å². The Balaban J connectivity index is 1.82. The Labute approximate surface area is 124 Å². The highest BCUT2D eigenvalue weighted by Crippen LogP contribution is 2.30. The summed E-state index contributed by atoms with van der Waals surface area (Å²) in [4.78, 5) is 8.35. The van der Waals surface area contributed by atoms with E-state index in [0.717, 1.165) is 18.2 Å². The monoisotopic (exact) mass is 287 g/mol. The summed E-state index contributed by atoms with van der Waals surface area (Å²) in [5.74, 6) is 0. The fourth-order valence-electron chi connectivity index (χ4n) is 2.63. The Kier molecular flexibility index (Phi) is 4.03. The van der Waals surface area contributed by atoms with Crippen molar-refractivity contribution in [2.24, 2.45) is 0 Å². The lowest BCUT2D eigenvalue weighted by Gasteiger charge is -2.19. The predicted molar refractivity (Wildman–Crippen MR) is 85.4 cm³/mol. The van der Waals surface area contributed by atoms with Crippen LogP contribution in [-0.2, 0) is 13.0 Å². The highest BCUT2D eigenvalue weighted by Gasteiger charge is 2.18. The molecule has 0 aliphatic carbocycles. The van der Waals surface area contributed by atoms with Crippen molar-refractivity contribution in [1.29, 1.82) is 0 Å².